The Morgan fingerprint density at radius 1 is 1.08 bits per heavy atom. The number of ether oxygens (including phenoxy) is 1. The molecule has 26 heavy (non-hydrogen) atoms. The lowest BCUT2D eigenvalue weighted by Crippen LogP contribution is -2.43. The molecule has 0 aliphatic carbocycles. The van der Waals surface area contributed by atoms with E-state index in [1.807, 2.05) is 0 Å². The van der Waals surface area contributed by atoms with Crippen LogP contribution in [0, 0.1) is 10.1 Å². The highest BCUT2D eigenvalue weighted by Gasteiger charge is 2.15. The van der Waals surface area contributed by atoms with Gasteiger partial charge in [0.15, 0.2) is 6.61 Å². The fourth-order valence-electron chi connectivity index (χ4n) is 1.84. The number of rotatable bonds is 5. The number of nitro groups is 1. The van der Waals surface area contributed by atoms with Crippen LogP contribution >= 0.6 is 11.6 Å². The lowest BCUT2D eigenvalue weighted by atomic mass is 10.2. The monoisotopic (exact) mass is 377 g/mol. The minimum Gasteiger partial charge on any atom is -0.452 e. The van der Waals surface area contributed by atoms with Crippen LogP contribution in [0.5, 0.6) is 0 Å². The van der Waals surface area contributed by atoms with Gasteiger partial charge in [-0.25, -0.2) is 4.79 Å². The zero-order valence-corrected chi connectivity index (χ0v) is 13.9. The summed E-state index contributed by atoms with van der Waals surface area (Å²) in [5, 5.41) is 10.9. The molecule has 0 saturated carbocycles. The number of nitro benzene ring substituents is 1. The van der Waals surface area contributed by atoms with Gasteiger partial charge in [-0.1, -0.05) is 29.8 Å². The number of nitrogens with one attached hydrogen (secondary N) is 2. The molecule has 0 atom stereocenters. The molecule has 0 bridgehead atoms. The third kappa shape index (κ3) is 5.02. The second-order valence-corrected chi connectivity index (χ2v) is 5.27. The van der Waals surface area contributed by atoms with Gasteiger partial charge in [0.2, 0.25) is 0 Å². The molecule has 0 fully saturated rings. The van der Waals surface area contributed by atoms with Crippen LogP contribution in [0.15, 0.2) is 48.5 Å². The smallest absolute Gasteiger partial charge is 0.338 e. The highest BCUT2D eigenvalue weighted by molar-refractivity contribution is 6.33. The highest BCUT2D eigenvalue weighted by atomic mass is 35.5. The second kappa shape index (κ2) is 8.58. The van der Waals surface area contributed by atoms with E-state index in [-0.39, 0.29) is 21.8 Å². The summed E-state index contributed by atoms with van der Waals surface area (Å²) < 4.78 is 4.74. The van der Waals surface area contributed by atoms with Crippen molar-refractivity contribution in [2.45, 2.75) is 0 Å². The predicted molar refractivity (Wildman–Crippen MR) is 90.4 cm³/mol. The van der Waals surface area contributed by atoms with Gasteiger partial charge in [-0.15, -0.1) is 0 Å². The van der Waals surface area contributed by atoms with E-state index in [9.17, 15) is 24.5 Å². The Morgan fingerprint density at radius 2 is 1.81 bits per heavy atom. The molecule has 2 aromatic carbocycles. The lowest BCUT2D eigenvalue weighted by Gasteiger charge is -2.09. The molecule has 0 aromatic heterocycles. The maximum Gasteiger partial charge on any atom is 0.338 e. The molecule has 0 aliphatic heterocycles. The van der Waals surface area contributed by atoms with E-state index in [0.29, 0.717) is 0 Å². The molecule has 9 nitrogen and oxygen atoms in total. The van der Waals surface area contributed by atoms with Gasteiger partial charge in [0.1, 0.15) is 0 Å². The number of amides is 2. The van der Waals surface area contributed by atoms with Gasteiger partial charge in [-0.2, -0.15) is 0 Å². The summed E-state index contributed by atoms with van der Waals surface area (Å²) in [5.74, 6) is -2.36. The summed E-state index contributed by atoms with van der Waals surface area (Å²) in [6.45, 7) is -0.690. The average Bonchev–Trinajstić information content (AvgIpc) is 2.64. The summed E-state index contributed by atoms with van der Waals surface area (Å²) in [7, 11) is 0. The van der Waals surface area contributed by atoms with Crippen LogP contribution in [-0.4, -0.2) is 29.3 Å². The zero-order valence-electron chi connectivity index (χ0n) is 13.1. The van der Waals surface area contributed by atoms with Crippen LogP contribution in [0.2, 0.25) is 5.02 Å². The van der Waals surface area contributed by atoms with Crippen molar-refractivity contribution in [2.24, 2.45) is 0 Å². The maximum atomic E-state index is 11.8. The Balaban J connectivity index is 1.84. The fraction of sp³-hybridized carbons (Fsp3) is 0.0625. The summed E-state index contributed by atoms with van der Waals surface area (Å²) in [5.41, 5.74) is 3.98. The van der Waals surface area contributed by atoms with Crippen LogP contribution in [-0.2, 0) is 9.53 Å². The van der Waals surface area contributed by atoms with Crippen LogP contribution < -0.4 is 10.9 Å². The number of hydrogen-bond donors (Lipinski definition) is 2. The van der Waals surface area contributed by atoms with Crippen molar-refractivity contribution in [1.82, 2.24) is 10.9 Å². The third-order valence-corrected chi connectivity index (χ3v) is 3.39. The Labute approximate surface area is 152 Å². The van der Waals surface area contributed by atoms with Gasteiger partial charge in [0.25, 0.3) is 17.5 Å². The van der Waals surface area contributed by atoms with Crippen molar-refractivity contribution < 1.29 is 24.0 Å². The summed E-state index contributed by atoms with van der Waals surface area (Å²) in [6, 6.07) is 11.1. The Hall–Kier alpha value is -3.46. The van der Waals surface area contributed by atoms with Gasteiger partial charge < -0.3 is 4.74 Å². The molecule has 0 radical (unpaired) electrons. The fourth-order valence-corrected chi connectivity index (χ4v) is 2.06. The molecule has 2 N–H and O–H groups in total. The number of halogens is 1. The topological polar surface area (TPSA) is 128 Å². The van der Waals surface area contributed by atoms with Crippen molar-refractivity contribution in [3.8, 4) is 0 Å². The number of hydrazine groups is 1. The molecule has 0 heterocycles. The van der Waals surface area contributed by atoms with E-state index in [0.717, 1.165) is 6.07 Å². The van der Waals surface area contributed by atoms with Crippen molar-refractivity contribution in [3.63, 3.8) is 0 Å². The molecule has 134 valence electrons. The molecule has 0 unspecified atom stereocenters. The molecule has 0 saturated heterocycles. The first-order valence-corrected chi connectivity index (χ1v) is 7.51. The first kappa shape index (κ1) is 18.9. The number of carbonyl (C=O) groups excluding carboxylic acids is 3. The van der Waals surface area contributed by atoms with Gasteiger partial charge in [-0.3, -0.25) is 30.6 Å². The van der Waals surface area contributed by atoms with Crippen LogP contribution in [0.3, 0.4) is 0 Å². The number of esters is 1. The van der Waals surface area contributed by atoms with E-state index in [4.69, 9.17) is 16.3 Å². The highest BCUT2D eigenvalue weighted by Crippen LogP contribution is 2.14. The van der Waals surface area contributed by atoms with Gasteiger partial charge in [-0.05, 0) is 18.2 Å². The maximum absolute atomic E-state index is 11.8. The molecule has 2 rings (SSSR count). The molecule has 0 aliphatic rings. The van der Waals surface area contributed by atoms with Crippen LogP contribution in [0.4, 0.5) is 5.69 Å². The van der Waals surface area contributed by atoms with E-state index >= 15 is 0 Å². The minimum absolute atomic E-state index is 0.0768. The second-order valence-electron chi connectivity index (χ2n) is 4.87. The van der Waals surface area contributed by atoms with E-state index < -0.39 is 29.3 Å². The number of carbonyl (C=O) groups is 3. The van der Waals surface area contributed by atoms with Gasteiger partial charge >= 0.3 is 5.97 Å². The number of hydrogen-bond acceptors (Lipinski definition) is 6. The Bertz CT molecular complexity index is 871. The van der Waals surface area contributed by atoms with Crippen LogP contribution in [0.25, 0.3) is 0 Å². The Kier molecular flexibility index (Phi) is 6.23. The largest absolute Gasteiger partial charge is 0.452 e. The van der Waals surface area contributed by atoms with Crippen molar-refractivity contribution in [1.29, 1.82) is 0 Å². The van der Waals surface area contributed by atoms with Gasteiger partial charge in [0.05, 0.1) is 21.1 Å². The Morgan fingerprint density at radius 3 is 2.50 bits per heavy atom. The SMILES string of the molecule is O=C(COC(=O)c1cccc([N+](=O)[O-])c1)NNC(=O)c1ccccc1Cl. The number of nitrogens with zero attached hydrogens (tertiary/aromatic N) is 1. The molecule has 2 aromatic rings. The first-order valence-electron chi connectivity index (χ1n) is 7.14. The minimum atomic E-state index is -0.915. The van der Waals surface area contributed by atoms with Gasteiger partial charge in [0, 0.05) is 12.1 Å². The van der Waals surface area contributed by atoms with Crippen molar-refractivity contribution >= 4 is 35.1 Å². The van der Waals surface area contributed by atoms with Crippen molar-refractivity contribution in [3.05, 3.63) is 74.8 Å². The van der Waals surface area contributed by atoms with E-state index in [2.05, 4.69) is 10.9 Å². The summed E-state index contributed by atoms with van der Waals surface area (Å²) in [4.78, 5) is 45.3. The lowest BCUT2D eigenvalue weighted by molar-refractivity contribution is -0.384. The zero-order chi connectivity index (χ0) is 19.1. The third-order valence-electron chi connectivity index (χ3n) is 3.06. The number of benzene rings is 2. The molecular weight excluding hydrogens is 366 g/mol. The summed E-state index contributed by atoms with van der Waals surface area (Å²) in [6.07, 6.45) is 0. The molecule has 10 heteroatoms. The average molecular weight is 378 g/mol. The number of non-ortho nitro benzene ring substituents is 1. The van der Waals surface area contributed by atoms with E-state index in [1.165, 1.54) is 30.3 Å². The summed E-state index contributed by atoms with van der Waals surface area (Å²) >= 11 is 5.85. The van der Waals surface area contributed by atoms with Crippen molar-refractivity contribution in [2.75, 3.05) is 6.61 Å². The van der Waals surface area contributed by atoms with E-state index in [1.54, 1.807) is 12.1 Å². The molecule has 0 spiro atoms. The first-order chi connectivity index (χ1) is 12.4. The normalized spacial score (nSPS) is 9.88. The standard InChI is InChI=1S/C16H12ClN3O6/c17-13-7-2-1-6-12(13)15(22)19-18-14(21)9-26-16(23)10-4-3-5-11(8-10)20(24)25/h1-8H,9H2,(H,18,21)(H,19,22). The quantitative estimate of drug-likeness (QED) is 0.465. The molecule has 2 amide bonds. The van der Waals surface area contributed by atoms with Crippen LogP contribution in [0.1, 0.15) is 20.7 Å². The molecular formula is C16H12ClN3O6. The predicted octanol–water partition coefficient (Wildman–Crippen LogP) is 1.87.